The number of nitrogens with one attached hydrogen (secondary N) is 2. The number of carbonyl (C=O) groups is 2. The number of hydrogen-bond acceptors (Lipinski definition) is 3. The van der Waals surface area contributed by atoms with Crippen LogP contribution in [0.2, 0.25) is 0 Å². The van der Waals surface area contributed by atoms with Gasteiger partial charge in [0.1, 0.15) is 0 Å². The summed E-state index contributed by atoms with van der Waals surface area (Å²) in [5, 5.41) is 5.91. The Kier molecular flexibility index (Phi) is 6.71. The molecule has 2 N–H and O–H groups in total. The predicted octanol–water partition coefficient (Wildman–Crippen LogP) is 3.69. The van der Waals surface area contributed by atoms with Gasteiger partial charge < -0.3 is 15.5 Å². The molecule has 0 radical (unpaired) electrons. The molecule has 0 saturated heterocycles. The predicted molar refractivity (Wildman–Crippen MR) is 123 cm³/mol. The molecule has 5 heteroatoms. The first-order chi connectivity index (χ1) is 14.9. The van der Waals surface area contributed by atoms with Gasteiger partial charge in [-0.05, 0) is 93.3 Å². The number of likely N-dealkylation sites (N-methyl/N-ethyl adjacent to an activating group) is 1. The van der Waals surface area contributed by atoms with E-state index in [1.165, 1.54) is 49.7 Å². The Bertz CT molecular complexity index is 751. The quantitative estimate of drug-likeness (QED) is 0.634. The van der Waals surface area contributed by atoms with Gasteiger partial charge >= 0.3 is 0 Å². The molecule has 2 amide bonds. The second kappa shape index (κ2) is 9.32. The summed E-state index contributed by atoms with van der Waals surface area (Å²) in [6.07, 6.45) is 9.45. The number of carbonyl (C=O) groups excluding carboxylic acids is 2. The van der Waals surface area contributed by atoms with Crippen molar-refractivity contribution in [2.75, 3.05) is 27.2 Å². The highest BCUT2D eigenvalue weighted by Crippen LogP contribution is 2.61. The normalized spacial score (nSPS) is 29.7. The van der Waals surface area contributed by atoms with Gasteiger partial charge in [0.15, 0.2) is 0 Å². The first-order valence-corrected chi connectivity index (χ1v) is 12.1. The Morgan fingerprint density at radius 3 is 2.06 bits per heavy atom. The van der Waals surface area contributed by atoms with E-state index in [1.54, 1.807) is 0 Å². The van der Waals surface area contributed by atoms with Gasteiger partial charge in [0.25, 0.3) is 0 Å². The number of rotatable bonds is 9. The zero-order valence-electron chi connectivity index (χ0n) is 19.5. The smallest absolute Gasteiger partial charge is 0.239 e. The Hall–Kier alpha value is -1.88. The molecule has 4 fully saturated rings. The molecule has 4 saturated carbocycles. The van der Waals surface area contributed by atoms with Crippen molar-refractivity contribution in [2.24, 2.45) is 23.2 Å². The molecule has 4 aliphatic carbocycles. The number of aryl methyl sites for hydroxylation is 1. The maximum absolute atomic E-state index is 12.7. The third kappa shape index (κ3) is 5.31. The molecule has 1 atom stereocenters. The second-order valence-electron chi connectivity index (χ2n) is 10.7. The van der Waals surface area contributed by atoms with E-state index in [4.69, 9.17) is 0 Å². The monoisotopic (exact) mass is 425 g/mol. The van der Waals surface area contributed by atoms with E-state index in [0.717, 1.165) is 24.2 Å². The topological polar surface area (TPSA) is 61.4 Å². The summed E-state index contributed by atoms with van der Waals surface area (Å²) >= 11 is 0. The third-order valence-corrected chi connectivity index (χ3v) is 8.04. The molecule has 0 spiro atoms. The lowest BCUT2D eigenvalue weighted by molar-refractivity contribution is -0.132. The molecule has 4 aliphatic rings. The minimum Gasteiger partial charge on any atom is -0.353 e. The molecule has 1 unspecified atom stereocenters. The SMILES string of the molecule is CCc1ccc(C(CNC(=O)CNC(=O)CC23CC4CC(CC(C4)C2)C3)N(C)C)cc1. The fraction of sp³-hybridized carbons (Fsp3) is 0.692. The highest BCUT2D eigenvalue weighted by Gasteiger charge is 2.51. The van der Waals surface area contributed by atoms with Crippen LogP contribution in [0.25, 0.3) is 0 Å². The number of benzene rings is 1. The molecule has 4 bridgehead atoms. The van der Waals surface area contributed by atoms with Crippen molar-refractivity contribution in [2.45, 2.75) is 64.3 Å². The van der Waals surface area contributed by atoms with Crippen LogP contribution < -0.4 is 10.6 Å². The molecule has 5 rings (SSSR count). The van der Waals surface area contributed by atoms with Crippen molar-refractivity contribution in [1.82, 2.24) is 15.5 Å². The van der Waals surface area contributed by atoms with Crippen molar-refractivity contribution in [3.63, 3.8) is 0 Å². The molecular formula is C26H39N3O2. The van der Waals surface area contributed by atoms with Crippen LogP contribution in [-0.2, 0) is 16.0 Å². The summed E-state index contributed by atoms with van der Waals surface area (Å²) in [5.41, 5.74) is 2.72. The van der Waals surface area contributed by atoms with E-state index in [-0.39, 0.29) is 29.8 Å². The van der Waals surface area contributed by atoms with E-state index >= 15 is 0 Å². The van der Waals surface area contributed by atoms with Crippen molar-refractivity contribution in [1.29, 1.82) is 0 Å². The van der Waals surface area contributed by atoms with Gasteiger partial charge in [-0.15, -0.1) is 0 Å². The van der Waals surface area contributed by atoms with Crippen LogP contribution in [-0.4, -0.2) is 43.9 Å². The van der Waals surface area contributed by atoms with E-state index in [2.05, 4.69) is 46.7 Å². The molecule has 31 heavy (non-hydrogen) atoms. The number of hydrogen-bond donors (Lipinski definition) is 2. The van der Waals surface area contributed by atoms with Crippen LogP contribution in [0.4, 0.5) is 0 Å². The van der Waals surface area contributed by atoms with Crippen LogP contribution in [0.3, 0.4) is 0 Å². The lowest BCUT2D eigenvalue weighted by Crippen LogP contribution is -2.48. The van der Waals surface area contributed by atoms with Gasteiger partial charge in [0.2, 0.25) is 11.8 Å². The summed E-state index contributed by atoms with van der Waals surface area (Å²) in [6, 6.07) is 8.69. The highest BCUT2D eigenvalue weighted by molar-refractivity contribution is 5.85. The summed E-state index contributed by atoms with van der Waals surface area (Å²) in [7, 11) is 4.05. The Balaban J connectivity index is 1.23. The van der Waals surface area contributed by atoms with E-state index in [0.29, 0.717) is 13.0 Å². The zero-order valence-corrected chi connectivity index (χ0v) is 19.5. The fourth-order valence-corrected chi connectivity index (χ4v) is 6.94. The average Bonchev–Trinajstić information content (AvgIpc) is 2.71. The summed E-state index contributed by atoms with van der Waals surface area (Å²) < 4.78 is 0. The van der Waals surface area contributed by atoms with Crippen molar-refractivity contribution < 1.29 is 9.59 Å². The average molecular weight is 426 g/mol. The summed E-state index contributed by atoms with van der Waals surface area (Å²) in [6.45, 7) is 2.75. The largest absolute Gasteiger partial charge is 0.353 e. The first kappa shape index (κ1) is 22.3. The van der Waals surface area contributed by atoms with Gasteiger partial charge in [-0.1, -0.05) is 31.2 Å². The lowest BCUT2D eigenvalue weighted by atomic mass is 9.49. The maximum Gasteiger partial charge on any atom is 0.239 e. The first-order valence-electron chi connectivity index (χ1n) is 12.1. The third-order valence-electron chi connectivity index (χ3n) is 8.04. The Morgan fingerprint density at radius 2 is 1.55 bits per heavy atom. The molecule has 0 aliphatic heterocycles. The standard InChI is InChI=1S/C26H39N3O2/c1-4-18-5-7-22(8-6-18)23(29(2)3)16-27-25(31)17-28-24(30)15-26-12-19-9-20(13-26)11-21(10-19)14-26/h5-8,19-21,23H,4,9-17H2,1-3H3,(H,27,31)(H,28,30). The van der Waals surface area contributed by atoms with Gasteiger partial charge in [-0.2, -0.15) is 0 Å². The van der Waals surface area contributed by atoms with Gasteiger partial charge in [-0.25, -0.2) is 0 Å². The maximum atomic E-state index is 12.7. The lowest BCUT2D eigenvalue weighted by Gasteiger charge is -2.56. The van der Waals surface area contributed by atoms with E-state index in [9.17, 15) is 9.59 Å². The highest BCUT2D eigenvalue weighted by atomic mass is 16.2. The van der Waals surface area contributed by atoms with E-state index < -0.39 is 0 Å². The minimum atomic E-state index is -0.115. The van der Waals surface area contributed by atoms with Crippen LogP contribution in [0.1, 0.15) is 69.0 Å². The molecule has 5 nitrogen and oxygen atoms in total. The molecule has 1 aromatic carbocycles. The second-order valence-corrected chi connectivity index (χ2v) is 10.7. The van der Waals surface area contributed by atoms with Crippen LogP contribution in [0.5, 0.6) is 0 Å². The van der Waals surface area contributed by atoms with E-state index in [1.807, 2.05) is 14.1 Å². The van der Waals surface area contributed by atoms with Crippen LogP contribution in [0, 0.1) is 23.2 Å². The van der Waals surface area contributed by atoms with Crippen LogP contribution in [0.15, 0.2) is 24.3 Å². The summed E-state index contributed by atoms with van der Waals surface area (Å²) in [5.74, 6) is 2.47. The van der Waals surface area contributed by atoms with Crippen molar-refractivity contribution >= 4 is 11.8 Å². The molecule has 0 heterocycles. The van der Waals surface area contributed by atoms with Gasteiger partial charge in [0, 0.05) is 13.0 Å². The summed E-state index contributed by atoms with van der Waals surface area (Å²) in [4.78, 5) is 27.2. The molecule has 0 aromatic heterocycles. The molecular weight excluding hydrogens is 386 g/mol. The van der Waals surface area contributed by atoms with Crippen molar-refractivity contribution in [3.05, 3.63) is 35.4 Å². The van der Waals surface area contributed by atoms with Crippen LogP contribution >= 0.6 is 0 Å². The fourth-order valence-electron chi connectivity index (χ4n) is 6.94. The Morgan fingerprint density at radius 1 is 0.968 bits per heavy atom. The van der Waals surface area contributed by atoms with Gasteiger partial charge in [0.05, 0.1) is 12.6 Å². The molecule has 170 valence electrons. The minimum absolute atomic E-state index is 0.0522. The zero-order chi connectivity index (χ0) is 22.0. The molecule has 1 aromatic rings. The Labute approximate surface area is 187 Å². The van der Waals surface area contributed by atoms with Crippen molar-refractivity contribution in [3.8, 4) is 0 Å². The number of nitrogens with zero attached hydrogens (tertiary/aromatic N) is 1. The number of amides is 2. The van der Waals surface area contributed by atoms with Gasteiger partial charge in [-0.3, -0.25) is 9.59 Å².